The van der Waals surface area contributed by atoms with E-state index in [0.717, 1.165) is 12.1 Å². The Bertz CT molecular complexity index is 551. The second kappa shape index (κ2) is 7.53. The third kappa shape index (κ3) is 4.95. The lowest BCUT2D eigenvalue weighted by molar-refractivity contribution is -0.137. The van der Waals surface area contributed by atoms with Gasteiger partial charge in [-0.1, -0.05) is 19.1 Å². The SMILES string of the molecule is CCC(Cc1ccc(C(F)(F)F)cc1)C(=O)NCC1(O)CCOC1. The van der Waals surface area contributed by atoms with Gasteiger partial charge in [0.05, 0.1) is 12.2 Å². The molecule has 2 unspecified atom stereocenters. The van der Waals surface area contributed by atoms with Crippen LogP contribution >= 0.6 is 0 Å². The number of nitrogens with one attached hydrogen (secondary N) is 1. The quantitative estimate of drug-likeness (QED) is 0.833. The molecule has 1 amide bonds. The molecule has 1 aliphatic rings. The summed E-state index contributed by atoms with van der Waals surface area (Å²) in [6.07, 6.45) is -2.97. The third-order valence-electron chi connectivity index (χ3n) is 4.30. The molecular formula is C17H22F3NO3. The van der Waals surface area contributed by atoms with E-state index in [1.165, 1.54) is 12.1 Å². The van der Waals surface area contributed by atoms with E-state index in [9.17, 15) is 23.1 Å². The summed E-state index contributed by atoms with van der Waals surface area (Å²) in [4.78, 5) is 12.3. The Hall–Kier alpha value is -1.60. The highest BCUT2D eigenvalue weighted by molar-refractivity contribution is 5.79. The smallest absolute Gasteiger partial charge is 0.386 e. The molecule has 2 N–H and O–H groups in total. The van der Waals surface area contributed by atoms with Crippen molar-refractivity contribution in [3.05, 3.63) is 35.4 Å². The van der Waals surface area contributed by atoms with E-state index in [1.54, 1.807) is 0 Å². The zero-order chi connectivity index (χ0) is 17.8. The van der Waals surface area contributed by atoms with Crippen molar-refractivity contribution < 1.29 is 27.8 Å². The lowest BCUT2D eigenvalue weighted by Crippen LogP contribution is -2.45. The zero-order valence-electron chi connectivity index (χ0n) is 13.5. The predicted octanol–water partition coefficient (Wildman–Crippen LogP) is 2.54. The van der Waals surface area contributed by atoms with Crippen molar-refractivity contribution in [3.63, 3.8) is 0 Å². The van der Waals surface area contributed by atoms with Crippen molar-refractivity contribution >= 4 is 5.91 Å². The van der Waals surface area contributed by atoms with Crippen LogP contribution in [0.5, 0.6) is 0 Å². The molecule has 2 atom stereocenters. The highest BCUT2D eigenvalue weighted by Gasteiger charge is 2.33. The second-order valence-corrected chi connectivity index (χ2v) is 6.25. The summed E-state index contributed by atoms with van der Waals surface area (Å²) in [5.41, 5.74) is -1.05. The van der Waals surface area contributed by atoms with E-state index in [1.807, 2.05) is 6.92 Å². The van der Waals surface area contributed by atoms with Crippen LogP contribution in [0.25, 0.3) is 0 Å². The minimum atomic E-state index is -4.36. The van der Waals surface area contributed by atoms with Gasteiger partial charge in [-0.3, -0.25) is 4.79 Å². The molecule has 4 nitrogen and oxygen atoms in total. The van der Waals surface area contributed by atoms with Gasteiger partial charge in [0.15, 0.2) is 0 Å². The van der Waals surface area contributed by atoms with Crippen LogP contribution in [0.3, 0.4) is 0 Å². The van der Waals surface area contributed by atoms with Crippen LogP contribution in [-0.4, -0.2) is 36.4 Å². The molecule has 24 heavy (non-hydrogen) atoms. The summed E-state index contributed by atoms with van der Waals surface area (Å²) in [6.45, 7) is 2.63. The number of carbonyl (C=O) groups excluding carboxylic acids is 1. The number of alkyl halides is 3. The number of hydrogen-bond donors (Lipinski definition) is 2. The number of aliphatic hydroxyl groups is 1. The first kappa shape index (κ1) is 18.7. The normalized spacial score (nSPS) is 22.4. The molecule has 7 heteroatoms. The highest BCUT2D eigenvalue weighted by Crippen LogP contribution is 2.29. The Morgan fingerprint density at radius 1 is 1.38 bits per heavy atom. The van der Waals surface area contributed by atoms with Gasteiger partial charge in [0.1, 0.15) is 5.60 Å². The van der Waals surface area contributed by atoms with E-state index in [0.29, 0.717) is 31.4 Å². The Morgan fingerprint density at radius 3 is 2.54 bits per heavy atom. The number of benzene rings is 1. The number of amides is 1. The zero-order valence-corrected chi connectivity index (χ0v) is 13.5. The fourth-order valence-electron chi connectivity index (χ4n) is 2.67. The summed E-state index contributed by atoms with van der Waals surface area (Å²) in [7, 11) is 0. The maximum Gasteiger partial charge on any atom is 0.416 e. The van der Waals surface area contributed by atoms with Gasteiger partial charge in [-0.05, 0) is 30.5 Å². The van der Waals surface area contributed by atoms with E-state index in [4.69, 9.17) is 4.74 Å². The Kier molecular flexibility index (Phi) is 5.87. The van der Waals surface area contributed by atoms with E-state index < -0.39 is 17.3 Å². The fourth-order valence-corrected chi connectivity index (χ4v) is 2.67. The number of halogens is 3. The fraction of sp³-hybridized carbons (Fsp3) is 0.588. The van der Waals surface area contributed by atoms with Crippen molar-refractivity contribution in [3.8, 4) is 0 Å². The average Bonchev–Trinajstić information content (AvgIpc) is 2.97. The topological polar surface area (TPSA) is 58.6 Å². The van der Waals surface area contributed by atoms with Crippen molar-refractivity contribution in [2.24, 2.45) is 5.92 Å². The van der Waals surface area contributed by atoms with Gasteiger partial charge in [-0.2, -0.15) is 13.2 Å². The first-order valence-electron chi connectivity index (χ1n) is 7.97. The average molecular weight is 345 g/mol. The Morgan fingerprint density at radius 2 is 2.04 bits per heavy atom. The first-order chi connectivity index (χ1) is 11.2. The molecule has 1 saturated heterocycles. The minimum Gasteiger partial charge on any atom is -0.386 e. The summed E-state index contributed by atoms with van der Waals surface area (Å²) in [5.74, 6) is -0.564. The maximum absolute atomic E-state index is 12.6. The molecule has 1 aromatic rings. The standard InChI is InChI=1S/C17H22F3NO3/c1-2-13(15(22)21-10-16(23)7-8-24-11-16)9-12-3-5-14(6-4-12)17(18,19)20/h3-6,13,23H,2,7-11H2,1H3,(H,21,22). The van der Waals surface area contributed by atoms with Crippen LogP contribution in [0.4, 0.5) is 13.2 Å². The number of hydrogen-bond acceptors (Lipinski definition) is 3. The van der Waals surface area contributed by atoms with Crippen molar-refractivity contribution in [1.29, 1.82) is 0 Å². The van der Waals surface area contributed by atoms with E-state index in [-0.39, 0.29) is 25.0 Å². The monoisotopic (exact) mass is 345 g/mol. The van der Waals surface area contributed by atoms with E-state index in [2.05, 4.69) is 5.32 Å². The summed E-state index contributed by atoms with van der Waals surface area (Å²) in [6, 6.07) is 4.85. The molecular weight excluding hydrogens is 323 g/mol. The number of ether oxygens (including phenoxy) is 1. The van der Waals surface area contributed by atoms with Crippen molar-refractivity contribution in [1.82, 2.24) is 5.32 Å². The maximum atomic E-state index is 12.6. The van der Waals surface area contributed by atoms with Crippen LogP contribution in [0.2, 0.25) is 0 Å². The minimum absolute atomic E-state index is 0.120. The molecule has 1 aliphatic heterocycles. The largest absolute Gasteiger partial charge is 0.416 e. The molecule has 0 bridgehead atoms. The van der Waals surface area contributed by atoms with Gasteiger partial charge in [0.2, 0.25) is 5.91 Å². The lowest BCUT2D eigenvalue weighted by atomic mass is 9.94. The van der Waals surface area contributed by atoms with Gasteiger partial charge in [-0.25, -0.2) is 0 Å². The predicted molar refractivity (Wildman–Crippen MR) is 82.3 cm³/mol. The Balaban J connectivity index is 1.92. The second-order valence-electron chi connectivity index (χ2n) is 6.25. The van der Waals surface area contributed by atoms with Gasteiger partial charge in [0.25, 0.3) is 0 Å². The van der Waals surface area contributed by atoms with Gasteiger partial charge >= 0.3 is 6.18 Å². The number of rotatable bonds is 6. The van der Waals surface area contributed by atoms with Gasteiger partial charge in [0, 0.05) is 25.5 Å². The molecule has 2 rings (SSSR count). The molecule has 134 valence electrons. The van der Waals surface area contributed by atoms with E-state index >= 15 is 0 Å². The molecule has 1 fully saturated rings. The summed E-state index contributed by atoms with van der Waals surface area (Å²) >= 11 is 0. The van der Waals surface area contributed by atoms with Crippen LogP contribution in [0.1, 0.15) is 30.9 Å². The number of carbonyl (C=O) groups is 1. The van der Waals surface area contributed by atoms with Crippen LogP contribution in [0, 0.1) is 5.92 Å². The summed E-state index contributed by atoms with van der Waals surface area (Å²) < 4.78 is 42.8. The first-order valence-corrected chi connectivity index (χ1v) is 7.97. The molecule has 0 radical (unpaired) electrons. The van der Waals surface area contributed by atoms with Gasteiger partial charge < -0.3 is 15.2 Å². The molecule has 1 aromatic carbocycles. The Labute approximate surface area is 139 Å². The van der Waals surface area contributed by atoms with Gasteiger partial charge in [-0.15, -0.1) is 0 Å². The molecule has 1 heterocycles. The molecule has 0 aromatic heterocycles. The molecule has 0 aliphatic carbocycles. The highest BCUT2D eigenvalue weighted by atomic mass is 19.4. The van der Waals surface area contributed by atoms with Crippen LogP contribution in [-0.2, 0) is 22.1 Å². The van der Waals surface area contributed by atoms with Crippen molar-refractivity contribution in [2.45, 2.75) is 38.0 Å². The third-order valence-corrected chi connectivity index (χ3v) is 4.30. The molecule has 0 spiro atoms. The summed E-state index contributed by atoms with van der Waals surface area (Å²) in [5, 5.41) is 12.9. The molecule has 0 saturated carbocycles. The van der Waals surface area contributed by atoms with Crippen LogP contribution in [0.15, 0.2) is 24.3 Å². The lowest BCUT2D eigenvalue weighted by Gasteiger charge is -2.23. The van der Waals surface area contributed by atoms with Crippen LogP contribution < -0.4 is 5.32 Å². The van der Waals surface area contributed by atoms with Crippen molar-refractivity contribution in [2.75, 3.05) is 19.8 Å².